The number of hydrogen-bond donors (Lipinski definition) is 2. The minimum atomic E-state index is -1.24. The molecule has 8 heteroatoms. The number of hydrogen-bond acceptors (Lipinski definition) is 4. The van der Waals surface area contributed by atoms with Gasteiger partial charge in [-0.15, -0.1) is 0 Å². The van der Waals surface area contributed by atoms with Gasteiger partial charge in [-0.1, -0.05) is 12.8 Å². The molecule has 2 aliphatic heterocycles. The number of allylic oxidation sites excluding steroid dienone is 8. The van der Waals surface area contributed by atoms with Crippen molar-refractivity contribution in [1.29, 1.82) is 0 Å². The lowest BCUT2D eigenvalue weighted by Gasteiger charge is -2.18. The van der Waals surface area contributed by atoms with Crippen LogP contribution in [0.5, 0.6) is 0 Å². The van der Waals surface area contributed by atoms with Crippen molar-refractivity contribution in [3.63, 3.8) is 0 Å². The Kier molecular flexibility index (Phi) is 10.0. The molecule has 34 heavy (non-hydrogen) atoms. The van der Waals surface area contributed by atoms with E-state index in [1.165, 1.54) is 0 Å². The van der Waals surface area contributed by atoms with Crippen LogP contribution in [0, 0.1) is 10.8 Å². The highest BCUT2D eigenvalue weighted by Gasteiger charge is 2.27. The van der Waals surface area contributed by atoms with Gasteiger partial charge in [0, 0.05) is 19.6 Å². The molecular formula is C26H36O6S2. The third-order valence-electron chi connectivity index (χ3n) is 6.29. The molecule has 0 saturated carbocycles. The van der Waals surface area contributed by atoms with E-state index in [2.05, 4.69) is 0 Å². The van der Waals surface area contributed by atoms with Gasteiger partial charge in [0.25, 0.3) is 0 Å². The summed E-state index contributed by atoms with van der Waals surface area (Å²) in [6.45, 7) is 6.87. The van der Waals surface area contributed by atoms with Gasteiger partial charge in [0.05, 0.1) is 32.4 Å². The normalized spacial score (nSPS) is 20.8. The minimum Gasteiger partial charge on any atom is -0.481 e. The van der Waals surface area contributed by atoms with Gasteiger partial charge < -0.3 is 10.2 Å². The molecule has 0 aromatic rings. The molecule has 2 aliphatic rings. The zero-order valence-electron chi connectivity index (χ0n) is 20.5. The Labute approximate surface area is 207 Å². The number of carboxylic acid groups (broad SMARTS) is 2. The standard InChI is InChI=1S/C26H36O6S2/c1-25(2,23(27)28)17-7-5-9-19-11-13-21(33(19)31)15-16-22-14-12-20(34(22)32)10-6-8-18-26(3,4)24(29)30/h11-16H,5-10,17-18H2,1-4H3,(H,27,28)(H,29,30)/b16-15+. The molecule has 0 fully saturated rings. The largest absolute Gasteiger partial charge is 0.481 e. The molecule has 0 aromatic heterocycles. The van der Waals surface area contributed by atoms with Crippen molar-refractivity contribution in [2.45, 2.75) is 79.1 Å². The maximum atomic E-state index is 12.7. The SMILES string of the molecule is CC(C)(CCCCC1=CC=C(/C=C/C2=CC=C(CCCCC(C)(C)C(=O)O)S2=O)S1=O)C(=O)O. The summed E-state index contributed by atoms with van der Waals surface area (Å²) >= 11 is 0. The van der Waals surface area contributed by atoms with E-state index in [0.29, 0.717) is 35.5 Å². The molecule has 0 aromatic carbocycles. The van der Waals surface area contributed by atoms with Crippen LogP contribution < -0.4 is 0 Å². The Balaban J connectivity index is 1.74. The molecule has 6 nitrogen and oxygen atoms in total. The van der Waals surface area contributed by atoms with Crippen molar-refractivity contribution in [1.82, 2.24) is 0 Å². The Morgan fingerprint density at radius 2 is 1.06 bits per heavy atom. The van der Waals surface area contributed by atoms with Crippen molar-refractivity contribution in [3.05, 3.63) is 56.1 Å². The molecule has 2 rings (SSSR count). The van der Waals surface area contributed by atoms with Gasteiger partial charge in [0.2, 0.25) is 0 Å². The maximum Gasteiger partial charge on any atom is 0.309 e. The summed E-state index contributed by atoms with van der Waals surface area (Å²) in [5.74, 6) is -1.60. The Morgan fingerprint density at radius 1 is 0.706 bits per heavy atom. The summed E-state index contributed by atoms with van der Waals surface area (Å²) in [5, 5.41) is 18.4. The number of rotatable bonds is 14. The lowest BCUT2D eigenvalue weighted by molar-refractivity contribution is -0.148. The topological polar surface area (TPSA) is 109 Å². The van der Waals surface area contributed by atoms with E-state index < -0.39 is 44.4 Å². The lowest BCUT2D eigenvalue weighted by Crippen LogP contribution is -2.23. The van der Waals surface area contributed by atoms with Crippen LogP contribution in [-0.2, 0) is 31.2 Å². The van der Waals surface area contributed by atoms with Crippen LogP contribution in [0.25, 0.3) is 0 Å². The van der Waals surface area contributed by atoms with E-state index >= 15 is 0 Å². The van der Waals surface area contributed by atoms with Crippen LogP contribution in [0.2, 0.25) is 0 Å². The molecular weight excluding hydrogens is 472 g/mol. The smallest absolute Gasteiger partial charge is 0.309 e. The van der Waals surface area contributed by atoms with Crippen LogP contribution in [0.1, 0.15) is 79.1 Å². The molecule has 2 atom stereocenters. The Hall–Kier alpha value is -2.06. The number of unbranched alkanes of at least 4 members (excludes halogenated alkanes) is 2. The van der Waals surface area contributed by atoms with Crippen molar-refractivity contribution < 1.29 is 28.2 Å². The summed E-state index contributed by atoms with van der Waals surface area (Å²) in [6, 6.07) is 0. The minimum absolute atomic E-state index is 0.578. The molecule has 0 saturated heterocycles. The van der Waals surface area contributed by atoms with E-state index in [9.17, 15) is 28.2 Å². The zero-order chi connectivity index (χ0) is 25.5. The van der Waals surface area contributed by atoms with Gasteiger partial charge in [-0.25, -0.2) is 8.42 Å². The predicted octanol–water partition coefficient (Wildman–Crippen LogP) is 5.95. The molecule has 2 heterocycles. The third-order valence-corrected chi connectivity index (χ3v) is 9.32. The van der Waals surface area contributed by atoms with Gasteiger partial charge in [-0.05, 0) is 103 Å². The molecule has 2 N–H and O–H groups in total. The van der Waals surface area contributed by atoms with Gasteiger partial charge in [-0.2, -0.15) is 0 Å². The second-order valence-corrected chi connectivity index (χ2v) is 13.1. The number of aliphatic carboxylic acids is 2. The van der Waals surface area contributed by atoms with E-state index in [1.807, 2.05) is 24.3 Å². The molecule has 188 valence electrons. The predicted molar refractivity (Wildman–Crippen MR) is 138 cm³/mol. The quantitative estimate of drug-likeness (QED) is 0.281. The van der Waals surface area contributed by atoms with Gasteiger partial charge in [-0.3, -0.25) is 9.59 Å². The van der Waals surface area contributed by atoms with E-state index in [1.54, 1.807) is 39.8 Å². The van der Waals surface area contributed by atoms with Crippen molar-refractivity contribution >= 4 is 33.5 Å². The van der Waals surface area contributed by atoms with E-state index in [0.717, 1.165) is 35.5 Å². The fraction of sp³-hybridized carbons (Fsp3) is 0.538. The van der Waals surface area contributed by atoms with Crippen LogP contribution in [-0.4, -0.2) is 30.6 Å². The highest BCUT2D eigenvalue weighted by Crippen LogP contribution is 2.31. The fourth-order valence-electron chi connectivity index (χ4n) is 3.60. The maximum absolute atomic E-state index is 12.7. The monoisotopic (exact) mass is 508 g/mol. The van der Waals surface area contributed by atoms with Crippen LogP contribution in [0.15, 0.2) is 56.1 Å². The summed E-state index contributed by atoms with van der Waals surface area (Å²) in [6.07, 6.45) is 16.4. The van der Waals surface area contributed by atoms with Gasteiger partial charge in [0.15, 0.2) is 0 Å². The highest BCUT2D eigenvalue weighted by atomic mass is 32.2. The molecule has 0 amide bonds. The van der Waals surface area contributed by atoms with Crippen LogP contribution >= 0.6 is 0 Å². The summed E-state index contributed by atoms with van der Waals surface area (Å²) in [7, 11) is -2.48. The van der Waals surface area contributed by atoms with Gasteiger partial charge in [0.1, 0.15) is 0 Å². The lowest BCUT2D eigenvalue weighted by atomic mass is 9.87. The third kappa shape index (κ3) is 7.73. The Bertz CT molecular complexity index is 928. The summed E-state index contributed by atoms with van der Waals surface area (Å²) < 4.78 is 25.5. The first-order chi connectivity index (χ1) is 15.8. The van der Waals surface area contributed by atoms with Crippen molar-refractivity contribution in [2.24, 2.45) is 10.8 Å². The second kappa shape index (κ2) is 12.1. The summed E-state index contributed by atoms with van der Waals surface area (Å²) in [4.78, 5) is 25.4. The number of carbonyl (C=O) groups is 2. The molecule has 0 radical (unpaired) electrons. The average molecular weight is 509 g/mol. The molecule has 2 unspecified atom stereocenters. The first-order valence-electron chi connectivity index (χ1n) is 11.7. The molecule has 0 bridgehead atoms. The average Bonchev–Trinajstić information content (AvgIpc) is 3.29. The van der Waals surface area contributed by atoms with Crippen molar-refractivity contribution in [2.75, 3.05) is 0 Å². The van der Waals surface area contributed by atoms with E-state index in [4.69, 9.17) is 0 Å². The Morgan fingerprint density at radius 3 is 1.38 bits per heavy atom. The van der Waals surface area contributed by atoms with Crippen molar-refractivity contribution in [3.8, 4) is 0 Å². The van der Waals surface area contributed by atoms with Crippen LogP contribution in [0.4, 0.5) is 0 Å². The first kappa shape index (κ1) is 28.2. The van der Waals surface area contributed by atoms with Gasteiger partial charge >= 0.3 is 11.9 Å². The second-order valence-electron chi connectivity index (χ2n) is 10.1. The number of carboxylic acids is 2. The first-order valence-corrected chi connectivity index (χ1v) is 14.0. The molecule has 0 aliphatic carbocycles. The van der Waals surface area contributed by atoms with Crippen LogP contribution in [0.3, 0.4) is 0 Å². The molecule has 0 spiro atoms. The highest BCUT2D eigenvalue weighted by molar-refractivity contribution is 7.93. The van der Waals surface area contributed by atoms with E-state index in [-0.39, 0.29) is 0 Å². The summed E-state index contributed by atoms with van der Waals surface area (Å²) in [5.41, 5.74) is -1.50. The fourth-order valence-corrected chi connectivity index (χ4v) is 6.01. The zero-order valence-corrected chi connectivity index (χ0v) is 22.1.